The number of nitrogens with zero attached hydrogens (tertiary/aromatic N) is 6. The van der Waals surface area contributed by atoms with Gasteiger partial charge in [0.1, 0.15) is 18.6 Å². The van der Waals surface area contributed by atoms with Gasteiger partial charge in [-0.1, -0.05) is 0 Å². The molecule has 13 heteroatoms. The second kappa shape index (κ2) is 8.60. The Labute approximate surface area is 161 Å². The summed E-state index contributed by atoms with van der Waals surface area (Å²) >= 11 is 0. The number of imidazole rings is 1. The van der Waals surface area contributed by atoms with Gasteiger partial charge in [-0.05, 0) is 0 Å². The molecule has 1 N–H and O–H groups in total. The molecule has 3 aromatic rings. The van der Waals surface area contributed by atoms with E-state index < -0.39 is 23.5 Å². The number of alkyl halides is 3. The van der Waals surface area contributed by atoms with Crippen LogP contribution in [0.25, 0.3) is 5.95 Å². The summed E-state index contributed by atoms with van der Waals surface area (Å²) in [5.74, 6) is -1.24. The van der Waals surface area contributed by atoms with Crippen molar-refractivity contribution in [2.24, 2.45) is 0 Å². The molecule has 29 heavy (non-hydrogen) atoms. The third kappa shape index (κ3) is 5.22. The molecule has 0 spiro atoms. The third-order valence-corrected chi connectivity index (χ3v) is 3.38. The lowest BCUT2D eigenvalue weighted by Gasteiger charge is -2.11. The van der Waals surface area contributed by atoms with E-state index in [0.29, 0.717) is 12.7 Å². The summed E-state index contributed by atoms with van der Waals surface area (Å²) in [6, 6.07) is 0.614. The molecule has 0 bridgehead atoms. The molecule has 0 unspecified atom stereocenters. The lowest BCUT2D eigenvalue weighted by atomic mass is 10.3. The molecule has 10 nitrogen and oxygen atoms in total. The van der Waals surface area contributed by atoms with E-state index in [0.717, 1.165) is 4.57 Å². The first-order chi connectivity index (χ1) is 13.9. The summed E-state index contributed by atoms with van der Waals surface area (Å²) in [5.41, 5.74) is -1.61. The first-order valence-corrected chi connectivity index (χ1v) is 8.06. The molecule has 3 rings (SSSR count). The maximum absolute atomic E-state index is 13.2. The number of anilines is 1. The molecule has 0 aromatic carbocycles. The zero-order valence-corrected chi connectivity index (χ0v) is 14.9. The largest absolute Gasteiger partial charge is 0.461 e. The molecule has 0 radical (unpaired) electrons. The van der Waals surface area contributed by atoms with Gasteiger partial charge in [0.25, 0.3) is 5.91 Å². The van der Waals surface area contributed by atoms with Crippen molar-refractivity contribution in [3.63, 3.8) is 0 Å². The van der Waals surface area contributed by atoms with Crippen LogP contribution in [-0.4, -0.2) is 55.7 Å². The molecular formula is C16H14F3N7O3. The van der Waals surface area contributed by atoms with Gasteiger partial charge >= 0.3 is 12.2 Å². The molecule has 1 amide bonds. The van der Waals surface area contributed by atoms with Gasteiger partial charge < -0.3 is 14.8 Å². The van der Waals surface area contributed by atoms with Crippen LogP contribution in [0, 0.1) is 0 Å². The van der Waals surface area contributed by atoms with Gasteiger partial charge in [-0.3, -0.25) is 9.36 Å². The molecule has 0 aliphatic heterocycles. The lowest BCUT2D eigenvalue weighted by Crippen LogP contribution is -2.19. The third-order valence-electron chi connectivity index (χ3n) is 3.38. The van der Waals surface area contributed by atoms with Gasteiger partial charge in [0.05, 0.1) is 24.7 Å². The second-order valence-corrected chi connectivity index (χ2v) is 5.46. The second-order valence-electron chi connectivity index (χ2n) is 5.46. The molecule has 3 heterocycles. The van der Waals surface area contributed by atoms with Crippen LogP contribution in [0.5, 0.6) is 6.01 Å². The number of nitrogens with one attached hydrogen (secondary N) is 1. The Morgan fingerprint density at radius 1 is 1.21 bits per heavy atom. The Hall–Kier alpha value is -3.61. The minimum absolute atomic E-state index is 0.0591. The predicted octanol–water partition coefficient (Wildman–Crippen LogP) is 1.75. The van der Waals surface area contributed by atoms with E-state index in [1.54, 1.807) is 0 Å². The van der Waals surface area contributed by atoms with Gasteiger partial charge in [-0.2, -0.15) is 13.2 Å². The molecule has 0 saturated carbocycles. The Balaban J connectivity index is 1.80. The molecule has 152 valence electrons. The smallest absolute Gasteiger partial charge is 0.433 e. The van der Waals surface area contributed by atoms with E-state index >= 15 is 0 Å². The standard InChI is InChI=1S/C16H14F3N7O3/c1-28-4-5-29-15-21-7-10(8-22-15)23-13(27)11-6-12(16(17,18)19)25-14(24-11)26-3-2-20-9-26/h2-3,6-9H,4-5H2,1H3,(H,23,27). The van der Waals surface area contributed by atoms with Gasteiger partial charge in [0.15, 0.2) is 5.69 Å². The fourth-order valence-corrected chi connectivity index (χ4v) is 2.06. The summed E-state index contributed by atoms with van der Waals surface area (Å²) in [4.78, 5) is 31.2. The van der Waals surface area contributed by atoms with Crippen LogP contribution in [-0.2, 0) is 10.9 Å². The quantitative estimate of drug-likeness (QED) is 0.587. The van der Waals surface area contributed by atoms with Crippen molar-refractivity contribution in [2.75, 3.05) is 25.6 Å². The molecule has 3 aromatic heterocycles. The summed E-state index contributed by atoms with van der Waals surface area (Å²) in [7, 11) is 1.51. The number of rotatable bonds is 7. The normalized spacial score (nSPS) is 11.3. The van der Waals surface area contributed by atoms with Crippen molar-refractivity contribution >= 4 is 11.6 Å². The average molecular weight is 409 g/mol. The minimum Gasteiger partial charge on any atom is -0.461 e. The van der Waals surface area contributed by atoms with Crippen LogP contribution in [0.1, 0.15) is 16.2 Å². The van der Waals surface area contributed by atoms with Crippen LogP contribution in [0.15, 0.2) is 37.2 Å². The number of methoxy groups -OCH3 is 1. The number of hydrogen-bond acceptors (Lipinski definition) is 8. The first-order valence-electron chi connectivity index (χ1n) is 8.06. The van der Waals surface area contributed by atoms with Crippen molar-refractivity contribution in [1.82, 2.24) is 29.5 Å². The van der Waals surface area contributed by atoms with E-state index in [2.05, 4.69) is 30.2 Å². The van der Waals surface area contributed by atoms with E-state index in [1.807, 2.05) is 0 Å². The predicted molar refractivity (Wildman–Crippen MR) is 91.5 cm³/mol. The van der Waals surface area contributed by atoms with Crippen molar-refractivity contribution in [2.45, 2.75) is 6.18 Å². The first kappa shape index (κ1) is 20.1. The van der Waals surface area contributed by atoms with E-state index in [4.69, 9.17) is 9.47 Å². The molecular weight excluding hydrogens is 395 g/mol. The molecule has 0 atom stereocenters. The number of aromatic nitrogens is 6. The van der Waals surface area contributed by atoms with Gasteiger partial charge in [0, 0.05) is 25.6 Å². The van der Waals surface area contributed by atoms with E-state index in [1.165, 1.54) is 38.2 Å². The van der Waals surface area contributed by atoms with Crippen molar-refractivity contribution < 1.29 is 27.4 Å². The highest BCUT2D eigenvalue weighted by Gasteiger charge is 2.34. The van der Waals surface area contributed by atoms with Gasteiger partial charge in [-0.25, -0.2) is 24.9 Å². The average Bonchev–Trinajstić information content (AvgIpc) is 3.23. The van der Waals surface area contributed by atoms with Gasteiger partial charge in [-0.15, -0.1) is 0 Å². The summed E-state index contributed by atoms with van der Waals surface area (Å²) in [6.45, 7) is 0.580. The topological polar surface area (TPSA) is 117 Å². The number of carbonyl (C=O) groups excluding carboxylic acids is 1. The number of halogens is 3. The zero-order chi connectivity index (χ0) is 20.9. The highest BCUT2D eigenvalue weighted by atomic mass is 19.4. The maximum atomic E-state index is 13.2. The number of carbonyl (C=O) groups is 1. The molecule has 0 saturated heterocycles. The SMILES string of the molecule is COCCOc1ncc(NC(=O)c2cc(C(F)(F)F)nc(-n3ccnc3)n2)cn1. The van der Waals surface area contributed by atoms with Crippen LogP contribution in [0.3, 0.4) is 0 Å². The number of hydrogen-bond donors (Lipinski definition) is 1. The number of ether oxygens (including phenoxy) is 2. The van der Waals surface area contributed by atoms with E-state index in [-0.39, 0.29) is 24.3 Å². The summed E-state index contributed by atoms with van der Waals surface area (Å²) < 4.78 is 50.7. The molecule has 0 aliphatic carbocycles. The Bertz CT molecular complexity index is 963. The van der Waals surface area contributed by atoms with Crippen molar-refractivity contribution in [3.05, 3.63) is 48.6 Å². The maximum Gasteiger partial charge on any atom is 0.433 e. The van der Waals surface area contributed by atoms with Gasteiger partial charge in [0.2, 0.25) is 5.95 Å². The molecule has 0 aliphatic rings. The Kier molecular flexibility index (Phi) is 5.97. The Morgan fingerprint density at radius 2 is 1.97 bits per heavy atom. The summed E-state index contributed by atoms with van der Waals surface area (Å²) in [5, 5.41) is 2.38. The number of amides is 1. The highest BCUT2D eigenvalue weighted by molar-refractivity contribution is 6.02. The fourth-order valence-electron chi connectivity index (χ4n) is 2.06. The zero-order valence-electron chi connectivity index (χ0n) is 14.9. The van der Waals surface area contributed by atoms with Crippen LogP contribution in [0.4, 0.5) is 18.9 Å². The fraction of sp³-hybridized carbons (Fsp3) is 0.250. The van der Waals surface area contributed by atoms with Crippen molar-refractivity contribution in [3.8, 4) is 12.0 Å². The molecule has 0 fully saturated rings. The minimum atomic E-state index is -4.77. The van der Waals surface area contributed by atoms with Crippen LogP contribution >= 0.6 is 0 Å². The monoisotopic (exact) mass is 409 g/mol. The highest BCUT2D eigenvalue weighted by Crippen LogP contribution is 2.28. The van der Waals surface area contributed by atoms with Crippen LogP contribution < -0.4 is 10.1 Å². The van der Waals surface area contributed by atoms with Crippen LogP contribution in [0.2, 0.25) is 0 Å². The van der Waals surface area contributed by atoms with Crippen molar-refractivity contribution in [1.29, 1.82) is 0 Å². The Morgan fingerprint density at radius 3 is 2.59 bits per heavy atom. The lowest BCUT2D eigenvalue weighted by molar-refractivity contribution is -0.141. The summed E-state index contributed by atoms with van der Waals surface area (Å²) in [6.07, 6.45) is 1.64. The van der Waals surface area contributed by atoms with E-state index in [9.17, 15) is 18.0 Å².